The van der Waals surface area contributed by atoms with Gasteiger partial charge in [-0.25, -0.2) is 4.79 Å². The molecule has 4 nitrogen and oxygen atoms in total. The maximum atomic E-state index is 12.3. The Morgan fingerprint density at radius 3 is 2.80 bits per heavy atom. The van der Waals surface area contributed by atoms with Gasteiger partial charge in [-0.05, 0) is 30.9 Å². The number of nitrogens with zero attached hydrogens (tertiary/aromatic N) is 2. The van der Waals surface area contributed by atoms with Crippen molar-refractivity contribution >= 4 is 22.6 Å². The first-order valence-corrected chi connectivity index (χ1v) is 7.14. The van der Waals surface area contributed by atoms with Crippen LogP contribution in [-0.4, -0.2) is 29.0 Å². The van der Waals surface area contributed by atoms with E-state index in [9.17, 15) is 4.79 Å². The molecular formula is C16H19N3O. The lowest BCUT2D eigenvalue weighted by molar-refractivity contribution is 0.186. The van der Waals surface area contributed by atoms with Crippen molar-refractivity contribution in [3.63, 3.8) is 0 Å². The first-order chi connectivity index (χ1) is 9.74. The summed E-state index contributed by atoms with van der Waals surface area (Å²) in [6.07, 6.45) is 3.92. The third kappa shape index (κ3) is 2.59. The summed E-state index contributed by atoms with van der Waals surface area (Å²) in [6, 6.07) is 9.73. The zero-order valence-electron chi connectivity index (χ0n) is 11.7. The maximum Gasteiger partial charge on any atom is 0.321 e. The standard InChI is InChI=1S/C16H19N3O/c1-12-7-10-19(11-8-12)16(20)18-14-6-2-4-13-5-3-9-17-15(13)14/h2-6,9,12H,7-8,10-11H2,1H3,(H,18,20). The van der Waals surface area contributed by atoms with Crippen molar-refractivity contribution in [2.75, 3.05) is 18.4 Å². The summed E-state index contributed by atoms with van der Waals surface area (Å²) in [5, 5.41) is 4.03. The van der Waals surface area contributed by atoms with E-state index in [4.69, 9.17) is 0 Å². The number of aromatic nitrogens is 1. The fraction of sp³-hybridized carbons (Fsp3) is 0.375. The van der Waals surface area contributed by atoms with E-state index >= 15 is 0 Å². The number of urea groups is 1. The van der Waals surface area contributed by atoms with Crippen molar-refractivity contribution in [3.05, 3.63) is 36.5 Å². The second kappa shape index (κ2) is 5.49. The Kier molecular flexibility index (Phi) is 3.54. The van der Waals surface area contributed by atoms with Crippen molar-refractivity contribution in [2.45, 2.75) is 19.8 Å². The Hall–Kier alpha value is -2.10. The number of carbonyl (C=O) groups excluding carboxylic acids is 1. The van der Waals surface area contributed by atoms with Gasteiger partial charge in [0.25, 0.3) is 0 Å². The summed E-state index contributed by atoms with van der Waals surface area (Å²) in [5.41, 5.74) is 1.63. The molecule has 0 unspecified atom stereocenters. The molecule has 2 amide bonds. The number of piperidine rings is 1. The largest absolute Gasteiger partial charge is 0.325 e. The van der Waals surface area contributed by atoms with Gasteiger partial charge in [-0.1, -0.05) is 25.1 Å². The van der Waals surface area contributed by atoms with Crippen LogP contribution in [0.15, 0.2) is 36.5 Å². The number of hydrogen-bond donors (Lipinski definition) is 1. The van der Waals surface area contributed by atoms with Gasteiger partial charge in [0.1, 0.15) is 0 Å². The van der Waals surface area contributed by atoms with Crippen molar-refractivity contribution in [3.8, 4) is 0 Å². The van der Waals surface area contributed by atoms with Gasteiger partial charge in [-0.15, -0.1) is 0 Å². The molecule has 0 radical (unpaired) electrons. The number of rotatable bonds is 1. The van der Waals surface area contributed by atoms with Crippen LogP contribution in [0, 0.1) is 5.92 Å². The van der Waals surface area contributed by atoms with Crippen LogP contribution in [-0.2, 0) is 0 Å². The number of benzene rings is 1. The molecule has 2 heterocycles. The minimum absolute atomic E-state index is 0.0185. The van der Waals surface area contributed by atoms with Crippen LogP contribution in [0.2, 0.25) is 0 Å². The van der Waals surface area contributed by atoms with Crippen LogP contribution in [0.25, 0.3) is 10.9 Å². The van der Waals surface area contributed by atoms with E-state index in [1.807, 2.05) is 35.2 Å². The van der Waals surface area contributed by atoms with Gasteiger partial charge >= 0.3 is 6.03 Å². The predicted molar refractivity (Wildman–Crippen MR) is 80.7 cm³/mol. The van der Waals surface area contributed by atoms with E-state index in [-0.39, 0.29) is 6.03 Å². The molecule has 20 heavy (non-hydrogen) atoms. The normalized spacial score (nSPS) is 16.4. The van der Waals surface area contributed by atoms with Gasteiger partial charge in [0.2, 0.25) is 0 Å². The molecule has 1 aliphatic heterocycles. The molecule has 1 fully saturated rings. The van der Waals surface area contributed by atoms with E-state index < -0.39 is 0 Å². The lowest BCUT2D eigenvalue weighted by atomic mass is 10.00. The minimum atomic E-state index is -0.0185. The van der Waals surface area contributed by atoms with E-state index in [1.54, 1.807) is 6.20 Å². The number of fused-ring (bicyclic) bond motifs is 1. The molecule has 1 aromatic carbocycles. The van der Waals surface area contributed by atoms with E-state index in [0.29, 0.717) is 0 Å². The first-order valence-electron chi connectivity index (χ1n) is 7.14. The zero-order valence-corrected chi connectivity index (χ0v) is 11.7. The Morgan fingerprint density at radius 2 is 2.00 bits per heavy atom. The van der Waals surface area contributed by atoms with Gasteiger partial charge in [0, 0.05) is 24.7 Å². The number of pyridine rings is 1. The fourth-order valence-electron chi connectivity index (χ4n) is 2.61. The zero-order chi connectivity index (χ0) is 13.9. The SMILES string of the molecule is CC1CCN(C(=O)Nc2cccc3cccnc23)CC1. The lowest BCUT2D eigenvalue weighted by Gasteiger charge is -2.30. The summed E-state index contributed by atoms with van der Waals surface area (Å²) < 4.78 is 0. The summed E-state index contributed by atoms with van der Waals surface area (Å²) in [6.45, 7) is 3.92. The van der Waals surface area contributed by atoms with E-state index in [2.05, 4.69) is 17.2 Å². The third-order valence-electron chi connectivity index (χ3n) is 3.95. The van der Waals surface area contributed by atoms with E-state index in [1.165, 1.54) is 0 Å². The highest BCUT2D eigenvalue weighted by Gasteiger charge is 2.20. The van der Waals surface area contributed by atoms with Gasteiger partial charge in [0.05, 0.1) is 11.2 Å². The van der Waals surface area contributed by atoms with Crippen molar-refractivity contribution in [1.82, 2.24) is 9.88 Å². The van der Waals surface area contributed by atoms with Gasteiger partial charge in [0.15, 0.2) is 0 Å². The Balaban J connectivity index is 1.77. The monoisotopic (exact) mass is 269 g/mol. The molecule has 1 saturated heterocycles. The summed E-state index contributed by atoms with van der Waals surface area (Å²) in [7, 11) is 0. The Bertz CT molecular complexity index is 613. The van der Waals surface area contributed by atoms with Crippen molar-refractivity contribution < 1.29 is 4.79 Å². The summed E-state index contributed by atoms with van der Waals surface area (Å²) >= 11 is 0. The van der Waals surface area contributed by atoms with Gasteiger partial charge in [-0.3, -0.25) is 4.98 Å². The van der Waals surface area contributed by atoms with E-state index in [0.717, 1.165) is 48.4 Å². The van der Waals surface area contributed by atoms with Crippen LogP contribution >= 0.6 is 0 Å². The van der Waals surface area contributed by atoms with Crippen LogP contribution in [0.1, 0.15) is 19.8 Å². The Labute approximate surface area is 118 Å². The molecule has 0 spiro atoms. The summed E-state index contributed by atoms with van der Waals surface area (Å²) in [5.74, 6) is 0.721. The number of para-hydroxylation sites is 1. The third-order valence-corrected chi connectivity index (χ3v) is 3.95. The molecule has 1 aromatic heterocycles. The molecular weight excluding hydrogens is 250 g/mol. The maximum absolute atomic E-state index is 12.3. The molecule has 104 valence electrons. The Morgan fingerprint density at radius 1 is 1.25 bits per heavy atom. The number of likely N-dealkylation sites (tertiary alicyclic amines) is 1. The summed E-state index contributed by atoms with van der Waals surface area (Å²) in [4.78, 5) is 18.6. The molecule has 1 aliphatic rings. The molecule has 1 N–H and O–H groups in total. The molecule has 0 atom stereocenters. The first kappa shape index (κ1) is 12.9. The number of hydrogen-bond acceptors (Lipinski definition) is 2. The topological polar surface area (TPSA) is 45.2 Å². The molecule has 3 rings (SSSR count). The van der Waals surface area contributed by atoms with Gasteiger partial charge < -0.3 is 10.2 Å². The van der Waals surface area contributed by atoms with Crippen molar-refractivity contribution in [1.29, 1.82) is 0 Å². The molecule has 0 saturated carbocycles. The average Bonchev–Trinajstić information content (AvgIpc) is 2.48. The highest BCUT2D eigenvalue weighted by molar-refractivity contribution is 5.99. The second-order valence-corrected chi connectivity index (χ2v) is 5.48. The van der Waals surface area contributed by atoms with Crippen LogP contribution in [0.3, 0.4) is 0 Å². The van der Waals surface area contributed by atoms with Crippen LogP contribution < -0.4 is 5.32 Å². The molecule has 4 heteroatoms. The molecule has 0 bridgehead atoms. The minimum Gasteiger partial charge on any atom is -0.325 e. The highest BCUT2D eigenvalue weighted by atomic mass is 16.2. The lowest BCUT2D eigenvalue weighted by Crippen LogP contribution is -2.40. The second-order valence-electron chi connectivity index (χ2n) is 5.48. The van der Waals surface area contributed by atoms with Crippen LogP contribution in [0.4, 0.5) is 10.5 Å². The van der Waals surface area contributed by atoms with Gasteiger partial charge in [-0.2, -0.15) is 0 Å². The number of anilines is 1. The van der Waals surface area contributed by atoms with Crippen LogP contribution in [0.5, 0.6) is 0 Å². The highest BCUT2D eigenvalue weighted by Crippen LogP contribution is 2.22. The molecule has 0 aliphatic carbocycles. The van der Waals surface area contributed by atoms with Crippen molar-refractivity contribution in [2.24, 2.45) is 5.92 Å². The predicted octanol–water partition coefficient (Wildman–Crippen LogP) is 3.50. The fourth-order valence-corrected chi connectivity index (χ4v) is 2.61. The number of nitrogens with one attached hydrogen (secondary N) is 1. The number of carbonyl (C=O) groups is 1. The molecule has 2 aromatic rings. The quantitative estimate of drug-likeness (QED) is 0.861. The number of amides is 2. The average molecular weight is 269 g/mol. The smallest absolute Gasteiger partial charge is 0.321 e.